The molecule has 3 heteroatoms. The zero-order valence-electron chi connectivity index (χ0n) is 15.8. The van der Waals surface area contributed by atoms with Crippen molar-refractivity contribution in [3.05, 3.63) is 126 Å². The molecule has 1 N–H and O–H groups in total. The minimum Gasteiger partial charge on any atom is -0.468 e. The predicted molar refractivity (Wildman–Crippen MR) is 114 cm³/mol. The molecule has 1 aliphatic rings. The molecule has 142 valence electrons. The van der Waals surface area contributed by atoms with E-state index in [-0.39, 0.29) is 6.04 Å². The Kier molecular flexibility index (Phi) is 4.60. The van der Waals surface area contributed by atoms with Crippen molar-refractivity contribution in [1.29, 1.82) is 0 Å². The van der Waals surface area contributed by atoms with E-state index in [9.17, 15) is 5.21 Å². The van der Waals surface area contributed by atoms with E-state index < -0.39 is 6.23 Å². The van der Waals surface area contributed by atoms with Gasteiger partial charge in [0.25, 0.3) is 0 Å². The third-order valence-electron chi connectivity index (χ3n) is 5.38. The van der Waals surface area contributed by atoms with Crippen LogP contribution in [0.5, 0.6) is 5.75 Å². The van der Waals surface area contributed by atoms with Crippen molar-refractivity contribution in [3.8, 4) is 16.9 Å². The molecule has 0 aromatic heterocycles. The third-order valence-corrected chi connectivity index (χ3v) is 5.38. The molecule has 0 amide bonds. The Bertz CT molecular complexity index is 1090. The molecule has 3 nitrogen and oxygen atoms in total. The van der Waals surface area contributed by atoms with Gasteiger partial charge in [-0.15, -0.1) is 5.06 Å². The summed E-state index contributed by atoms with van der Waals surface area (Å²) in [5.74, 6) is 0.795. The fourth-order valence-corrected chi connectivity index (χ4v) is 3.93. The van der Waals surface area contributed by atoms with E-state index in [4.69, 9.17) is 4.74 Å². The first-order valence-electron chi connectivity index (χ1n) is 9.74. The standard InChI is InChI=1S/C26H21NO2/c28-27-25(21-17-15-20(16-18-21)19-9-3-1-4-10-19)23-13-7-8-14-24(23)29-26(27)22-11-5-2-6-12-22/h1-18,25-26,28H. The summed E-state index contributed by atoms with van der Waals surface area (Å²) < 4.78 is 6.15. The molecule has 29 heavy (non-hydrogen) atoms. The van der Waals surface area contributed by atoms with Crippen molar-refractivity contribution in [2.45, 2.75) is 12.3 Å². The number of benzene rings is 4. The lowest BCUT2D eigenvalue weighted by Crippen LogP contribution is -2.37. The summed E-state index contributed by atoms with van der Waals surface area (Å²) in [6, 6.07) is 36.1. The topological polar surface area (TPSA) is 32.7 Å². The Hall–Kier alpha value is -3.40. The highest BCUT2D eigenvalue weighted by molar-refractivity contribution is 5.63. The first kappa shape index (κ1) is 17.7. The third kappa shape index (κ3) is 3.31. The number of hydrogen-bond donors (Lipinski definition) is 1. The van der Waals surface area contributed by atoms with Gasteiger partial charge in [-0.2, -0.15) is 0 Å². The lowest BCUT2D eigenvalue weighted by Gasteiger charge is -2.39. The van der Waals surface area contributed by atoms with Gasteiger partial charge in [-0.25, -0.2) is 0 Å². The van der Waals surface area contributed by atoms with Gasteiger partial charge in [0.2, 0.25) is 6.23 Å². The monoisotopic (exact) mass is 379 g/mol. The highest BCUT2D eigenvalue weighted by atomic mass is 16.6. The second-order valence-electron chi connectivity index (χ2n) is 7.19. The van der Waals surface area contributed by atoms with E-state index in [0.29, 0.717) is 0 Å². The van der Waals surface area contributed by atoms with Crippen molar-refractivity contribution >= 4 is 0 Å². The number of hydroxylamine groups is 2. The van der Waals surface area contributed by atoms with Crippen LogP contribution in [0.2, 0.25) is 0 Å². The quantitative estimate of drug-likeness (QED) is 0.458. The maximum Gasteiger partial charge on any atom is 0.201 e. The second kappa shape index (κ2) is 7.55. The fourth-order valence-electron chi connectivity index (χ4n) is 3.93. The number of ether oxygens (including phenoxy) is 1. The van der Waals surface area contributed by atoms with Crippen molar-refractivity contribution < 1.29 is 9.94 Å². The Morgan fingerprint density at radius 2 is 1.17 bits per heavy atom. The SMILES string of the molecule is ON1C(c2ccccc2)Oc2ccccc2C1c1ccc(-c2ccccc2)cc1. The van der Waals surface area contributed by atoms with Gasteiger partial charge in [0.15, 0.2) is 0 Å². The normalized spacial score (nSPS) is 18.7. The molecule has 0 aliphatic carbocycles. The Morgan fingerprint density at radius 3 is 1.90 bits per heavy atom. The van der Waals surface area contributed by atoms with E-state index in [0.717, 1.165) is 28.0 Å². The number of para-hydroxylation sites is 1. The largest absolute Gasteiger partial charge is 0.468 e. The molecule has 0 radical (unpaired) electrons. The summed E-state index contributed by atoms with van der Waals surface area (Å²) in [6.07, 6.45) is -0.565. The minimum atomic E-state index is -0.565. The zero-order chi connectivity index (χ0) is 19.6. The van der Waals surface area contributed by atoms with Crippen LogP contribution in [0.4, 0.5) is 0 Å². The van der Waals surface area contributed by atoms with E-state index in [1.54, 1.807) is 0 Å². The van der Waals surface area contributed by atoms with Crippen LogP contribution in [-0.4, -0.2) is 10.3 Å². The molecule has 2 unspecified atom stereocenters. The van der Waals surface area contributed by atoms with Crippen LogP contribution >= 0.6 is 0 Å². The average Bonchev–Trinajstić information content (AvgIpc) is 2.80. The Labute approximate surface area is 170 Å². The summed E-state index contributed by atoms with van der Waals surface area (Å²) in [5.41, 5.74) is 5.21. The predicted octanol–water partition coefficient (Wildman–Crippen LogP) is 6.23. The molecular formula is C26H21NO2. The molecule has 1 aliphatic heterocycles. The molecule has 4 aromatic carbocycles. The van der Waals surface area contributed by atoms with Crippen LogP contribution in [-0.2, 0) is 0 Å². The highest BCUT2D eigenvalue weighted by Gasteiger charge is 2.36. The summed E-state index contributed by atoms with van der Waals surface area (Å²) in [4.78, 5) is 0. The van der Waals surface area contributed by atoms with Crippen LogP contribution in [0.3, 0.4) is 0 Å². The Morgan fingerprint density at radius 1 is 0.586 bits per heavy atom. The fraction of sp³-hybridized carbons (Fsp3) is 0.0769. The van der Waals surface area contributed by atoms with E-state index >= 15 is 0 Å². The number of nitrogens with zero attached hydrogens (tertiary/aromatic N) is 1. The van der Waals surface area contributed by atoms with Crippen LogP contribution in [0.25, 0.3) is 11.1 Å². The van der Waals surface area contributed by atoms with Gasteiger partial charge in [0.05, 0.1) is 6.04 Å². The van der Waals surface area contributed by atoms with Crippen LogP contribution in [0.1, 0.15) is 29.0 Å². The summed E-state index contributed by atoms with van der Waals surface area (Å²) >= 11 is 0. The van der Waals surface area contributed by atoms with Crippen molar-refractivity contribution in [2.75, 3.05) is 0 Å². The number of fused-ring (bicyclic) bond motifs is 1. The molecular weight excluding hydrogens is 358 g/mol. The smallest absolute Gasteiger partial charge is 0.201 e. The van der Waals surface area contributed by atoms with Crippen molar-refractivity contribution in [1.82, 2.24) is 5.06 Å². The van der Waals surface area contributed by atoms with Gasteiger partial charge in [-0.05, 0) is 22.8 Å². The number of rotatable bonds is 3. The molecule has 0 fully saturated rings. The summed E-state index contributed by atoms with van der Waals surface area (Å²) in [6.45, 7) is 0. The molecule has 0 bridgehead atoms. The average molecular weight is 379 g/mol. The summed E-state index contributed by atoms with van der Waals surface area (Å²) in [5, 5.41) is 12.5. The zero-order valence-corrected chi connectivity index (χ0v) is 15.8. The number of hydrogen-bond acceptors (Lipinski definition) is 3. The van der Waals surface area contributed by atoms with Gasteiger partial charge in [-0.1, -0.05) is 103 Å². The highest BCUT2D eigenvalue weighted by Crippen LogP contribution is 2.44. The molecule has 5 rings (SSSR count). The van der Waals surface area contributed by atoms with Gasteiger partial charge in [-0.3, -0.25) is 0 Å². The van der Waals surface area contributed by atoms with Crippen LogP contribution in [0, 0.1) is 0 Å². The summed E-state index contributed by atoms with van der Waals surface area (Å²) in [7, 11) is 0. The van der Waals surface area contributed by atoms with E-state index in [1.807, 2.05) is 72.8 Å². The maximum absolute atomic E-state index is 11.2. The molecule has 2 atom stereocenters. The second-order valence-corrected chi connectivity index (χ2v) is 7.19. The van der Waals surface area contributed by atoms with Crippen molar-refractivity contribution in [2.24, 2.45) is 0 Å². The van der Waals surface area contributed by atoms with Crippen LogP contribution < -0.4 is 4.74 Å². The molecule has 0 saturated carbocycles. The molecule has 0 spiro atoms. The molecule has 0 saturated heterocycles. The lowest BCUT2D eigenvalue weighted by atomic mass is 9.93. The van der Waals surface area contributed by atoms with Gasteiger partial charge in [0.1, 0.15) is 5.75 Å². The van der Waals surface area contributed by atoms with Gasteiger partial charge >= 0.3 is 0 Å². The van der Waals surface area contributed by atoms with Gasteiger partial charge in [0, 0.05) is 11.1 Å². The Balaban J connectivity index is 1.55. The molecule has 4 aromatic rings. The maximum atomic E-state index is 11.2. The van der Waals surface area contributed by atoms with E-state index in [2.05, 4.69) is 36.4 Å². The lowest BCUT2D eigenvalue weighted by molar-refractivity contribution is -0.220. The first-order valence-corrected chi connectivity index (χ1v) is 9.74. The van der Waals surface area contributed by atoms with E-state index in [1.165, 1.54) is 10.6 Å². The van der Waals surface area contributed by atoms with Crippen molar-refractivity contribution in [3.63, 3.8) is 0 Å². The molecule has 1 heterocycles. The van der Waals surface area contributed by atoms with Crippen LogP contribution in [0.15, 0.2) is 109 Å². The first-order chi connectivity index (χ1) is 14.3. The minimum absolute atomic E-state index is 0.310. The van der Waals surface area contributed by atoms with Gasteiger partial charge < -0.3 is 9.94 Å².